The van der Waals surface area contributed by atoms with Crippen molar-refractivity contribution in [2.24, 2.45) is 0 Å². The average molecular weight is 361 g/mol. The van der Waals surface area contributed by atoms with Crippen LogP contribution in [0.4, 0.5) is 0 Å². The van der Waals surface area contributed by atoms with Crippen molar-refractivity contribution in [3.63, 3.8) is 0 Å². The van der Waals surface area contributed by atoms with E-state index in [0.29, 0.717) is 36.0 Å². The second kappa shape index (κ2) is 5.95. The zero-order valence-electron chi connectivity index (χ0n) is 12.8. The standard InChI is InChI=1S/C15H13ClN6OS/c1-9-10(3-2-4-11(9)16)15(23)21-5-6-22-12(7-21)19-20-13(22)14-17-8-18-24-14/h2-4,8H,5-7H2,1H3. The molecule has 0 atom stereocenters. The van der Waals surface area contributed by atoms with Crippen LogP contribution in [0.25, 0.3) is 10.8 Å². The minimum Gasteiger partial charge on any atom is -0.329 e. The Hall–Kier alpha value is -2.32. The molecule has 24 heavy (non-hydrogen) atoms. The summed E-state index contributed by atoms with van der Waals surface area (Å²) in [7, 11) is 0. The first kappa shape index (κ1) is 15.2. The summed E-state index contributed by atoms with van der Waals surface area (Å²) in [5.74, 6) is 1.42. The lowest BCUT2D eigenvalue weighted by atomic mass is 10.1. The van der Waals surface area contributed by atoms with E-state index in [1.165, 1.54) is 17.9 Å². The number of aromatic nitrogens is 5. The van der Waals surface area contributed by atoms with Gasteiger partial charge in [0.1, 0.15) is 6.33 Å². The molecule has 1 amide bonds. The summed E-state index contributed by atoms with van der Waals surface area (Å²) in [5.41, 5.74) is 1.42. The van der Waals surface area contributed by atoms with Crippen LogP contribution in [-0.4, -0.2) is 41.5 Å². The minimum absolute atomic E-state index is 0.0401. The Labute approximate surface area is 147 Å². The molecule has 1 aliphatic rings. The van der Waals surface area contributed by atoms with Crippen LogP contribution in [0.1, 0.15) is 21.7 Å². The van der Waals surface area contributed by atoms with E-state index in [-0.39, 0.29) is 5.91 Å². The second-order valence-electron chi connectivity index (χ2n) is 5.48. The Morgan fingerprint density at radius 2 is 2.17 bits per heavy atom. The van der Waals surface area contributed by atoms with Gasteiger partial charge in [-0.2, -0.15) is 4.37 Å². The second-order valence-corrected chi connectivity index (χ2v) is 6.66. The smallest absolute Gasteiger partial charge is 0.254 e. The molecular formula is C15H13ClN6OS. The van der Waals surface area contributed by atoms with Gasteiger partial charge in [0.2, 0.25) is 0 Å². The van der Waals surface area contributed by atoms with Crippen LogP contribution in [0, 0.1) is 6.92 Å². The number of hydrogen-bond donors (Lipinski definition) is 0. The molecule has 0 bridgehead atoms. The molecule has 2 aromatic heterocycles. The van der Waals surface area contributed by atoms with Gasteiger partial charge in [-0.3, -0.25) is 4.79 Å². The molecule has 1 aliphatic heterocycles. The maximum atomic E-state index is 12.8. The highest BCUT2D eigenvalue weighted by Crippen LogP contribution is 2.25. The number of amides is 1. The fraction of sp³-hybridized carbons (Fsp3) is 0.267. The van der Waals surface area contributed by atoms with Gasteiger partial charge < -0.3 is 9.47 Å². The van der Waals surface area contributed by atoms with Crippen molar-refractivity contribution in [3.8, 4) is 10.8 Å². The Bertz CT molecular complexity index is 907. The lowest BCUT2D eigenvalue weighted by Gasteiger charge is -2.28. The lowest BCUT2D eigenvalue weighted by molar-refractivity contribution is 0.0707. The molecule has 0 unspecified atom stereocenters. The third-order valence-electron chi connectivity index (χ3n) is 4.09. The fourth-order valence-corrected chi connectivity index (χ4v) is 3.47. The average Bonchev–Trinajstić information content (AvgIpc) is 3.25. The van der Waals surface area contributed by atoms with Crippen molar-refractivity contribution in [3.05, 3.63) is 46.5 Å². The fourth-order valence-electron chi connectivity index (χ4n) is 2.77. The molecular weight excluding hydrogens is 348 g/mol. The molecule has 9 heteroatoms. The van der Waals surface area contributed by atoms with Crippen LogP contribution >= 0.6 is 23.1 Å². The van der Waals surface area contributed by atoms with Gasteiger partial charge in [0.05, 0.1) is 6.54 Å². The molecule has 4 rings (SSSR count). The third-order valence-corrected chi connectivity index (χ3v) is 5.16. The van der Waals surface area contributed by atoms with Crippen LogP contribution < -0.4 is 0 Å². The number of halogens is 1. The van der Waals surface area contributed by atoms with Gasteiger partial charge in [-0.05, 0) is 36.2 Å². The van der Waals surface area contributed by atoms with E-state index in [9.17, 15) is 4.79 Å². The van der Waals surface area contributed by atoms with E-state index in [2.05, 4.69) is 19.6 Å². The molecule has 7 nitrogen and oxygen atoms in total. The molecule has 0 radical (unpaired) electrons. The summed E-state index contributed by atoms with van der Waals surface area (Å²) in [6.45, 7) is 3.48. The van der Waals surface area contributed by atoms with Crippen LogP contribution in [0.5, 0.6) is 0 Å². The van der Waals surface area contributed by atoms with Crippen LogP contribution in [0.15, 0.2) is 24.5 Å². The van der Waals surface area contributed by atoms with E-state index < -0.39 is 0 Å². The molecule has 1 aromatic carbocycles. The molecule has 3 aromatic rings. The van der Waals surface area contributed by atoms with Crippen molar-refractivity contribution < 1.29 is 4.79 Å². The van der Waals surface area contributed by atoms with E-state index in [1.807, 2.05) is 11.5 Å². The van der Waals surface area contributed by atoms with Gasteiger partial charge in [0.15, 0.2) is 16.7 Å². The summed E-state index contributed by atoms with van der Waals surface area (Å²) in [6.07, 6.45) is 1.50. The lowest BCUT2D eigenvalue weighted by Crippen LogP contribution is -2.38. The van der Waals surface area contributed by atoms with Gasteiger partial charge in [0.25, 0.3) is 5.91 Å². The molecule has 0 aliphatic carbocycles. The zero-order chi connectivity index (χ0) is 16.7. The van der Waals surface area contributed by atoms with E-state index in [0.717, 1.165) is 16.4 Å². The number of carbonyl (C=O) groups is 1. The highest BCUT2D eigenvalue weighted by atomic mass is 35.5. The first-order chi connectivity index (χ1) is 11.6. The maximum Gasteiger partial charge on any atom is 0.254 e. The van der Waals surface area contributed by atoms with E-state index in [1.54, 1.807) is 23.1 Å². The molecule has 0 saturated heterocycles. The summed E-state index contributed by atoms with van der Waals surface area (Å²) in [6, 6.07) is 5.38. The summed E-state index contributed by atoms with van der Waals surface area (Å²) >= 11 is 7.41. The highest BCUT2D eigenvalue weighted by molar-refractivity contribution is 7.08. The summed E-state index contributed by atoms with van der Waals surface area (Å²) < 4.78 is 6.00. The number of hydrogen-bond acceptors (Lipinski definition) is 6. The minimum atomic E-state index is -0.0401. The van der Waals surface area contributed by atoms with Gasteiger partial charge in [0, 0.05) is 23.7 Å². The van der Waals surface area contributed by atoms with Crippen LogP contribution in [-0.2, 0) is 13.1 Å². The predicted octanol–water partition coefficient (Wildman–Crippen LogP) is 2.41. The number of rotatable bonds is 2. The zero-order valence-corrected chi connectivity index (χ0v) is 14.4. The number of carbonyl (C=O) groups excluding carboxylic acids is 1. The van der Waals surface area contributed by atoms with Crippen molar-refractivity contribution in [2.45, 2.75) is 20.0 Å². The first-order valence-corrected chi connectivity index (χ1v) is 8.54. The monoisotopic (exact) mass is 360 g/mol. The van der Waals surface area contributed by atoms with E-state index in [4.69, 9.17) is 11.6 Å². The molecule has 3 heterocycles. The SMILES string of the molecule is Cc1c(Cl)cccc1C(=O)N1CCn2c(nnc2-c2ncns2)C1. The van der Waals surface area contributed by atoms with Crippen LogP contribution in [0.2, 0.25) is 5.02 Å². The van der Waals surface area contributed by atoms with Crippen molar-refractivity contribution in [1.29, 1.82) is 0 Å². The Balaban J connectivity index is 1.61. The molecule has 0 spiro atoms. The number of nitrogens with zero attached hydrogens (tertiary/aromatic N) is 6. The number of benzene rings is 1. The van der Waals surface area contributed by atoms with Gasteiger partial charge in [-0.15, -0.1) is 10.2 Å². The Morgan fingerprint density at radius 1 is 1.29 bits per heavy atom. The highest BCUT2D eigenvalue weighted by Gasteiger charge is 2.27. The van der Waals surface area contributed by atoms with Crippen LogP contribution in [0.3, 0.4) is 0 Å². The van der Waals surface area contributed by atoms with Crippen molar-refractivity contribution in [2.75, 3.05) is 6.54 Å². The van der Waals surface area contributed by atoms with Gasteiger partial charge in [-0.25, -0.2) is 4.98 Å². The Kier molecular flexibility index (Phi) is 3.78. The van der Waals surface area contributed by atoms with Crippen molar-refractivity contribution in [1.82, 2.24) is 29.0 Å². The number of fused-ring (bicyclic) bond motifs is 1. The molecule has 0 saturated carbocycles. The van der Waals surface area contributed by atoms with Gasteiger partial charge >= 0.3 is 0 Å². The summed E-state index contributed by atoms with van der Waals surface area (Å²) in [5, 5.41) is 9.74. The molecule has 122 valence electrons. The largest absolute Gasteiger partial charge is 0.329 e. The third kappa shape index (κ3) is 2.47. The predicted molar refractivity (Wildman–Crippen MR) is 89.9 cm³/mol. The molecule has 0 N–H and O–H groups in total. The topological polar surface area (TPSA) is 76.8 Å². The molecule has 0 fully saturated rings. The summed E-state index contributed by atoms with van der Waals surface area (Å²) in [4.78, 5) is 18.8. The maximum absolute atomic E-state index is 12.8. The van der Waals surface area contributed by atoms with E-state index >= 15 is 0 Å². The van der Waals surface area contributed by atoms with Crippen molar-refractivity contribution >= 4 is 29.0 Å². The quantitative estimate of drug-likeness (QED) is 0.701. The first-order valence-electron chi connectivity index (χ1n) is 7.38. The Morgan fingerprint density at radius 3 is 2.96 bits per heavy atom. The normalized spacial score (nSPS) is 13.8. The van der Waals surface area contributed by atoms with Gasteiger partial charge in [-0.1, -0.05) is 17.7 Å².